The van der Waals surface area contributed by atoms with Gasteiger partial charge in [-0.05, 0) is 44.2 Å². The van der Waals surface area contributed by atoms with Crippen LogP contribution in [0.1, 0.15) is 34.3 Å². The van der Waals surface area contributed by atoms with Crippen LogP contribution in [0.25, 0.3) is 0 Å². The predicted octanol–water partition coefficient (Wildman–Crippen LogP) is 2.19. The molecule has 1 N–H and O–H groups in total. The van der Waals surface area contributed by atoms with Crippen LogP contribution in [0.5, 0.6) is 0 Å². The lowest BCUT2D eigenvalue weighted by Gasteiger charge is -2.17. The fourth-order valence-electron chi connectivity index (χ4n) is 3.78. The summed E-state index contributed by atoms with van der Waals surface area (Å²) in [4.78, 5) is 14.7. The SMILES string of the molecule is Cc1ccc(C)c(C(=O)CN2CC3CCC(O)C3C2)c1. The highest BCUT2D eigenvalue weighted by atomic mass is 16.3. The lowest BCUT2D eigenvalue weighted by atomic mass is 10.00. The third-order valence-corrected chi connectivity index (χ3v) is 4.96. The van der Waals surface area contributed by atoms with Crippen molar-refractivity contribution < 1.29 is 9.90 Å². The summed E-state index contributed by atoms with van der Waals surface area (Å²) < 4.78 is 0. The number of carbonyl (C=O) groups is 1. The molecule has 3 nitrogen and oxygen atoms in total. The number of fused-ring (bicyclic) bond motifs is 1. The van der Waals surface area contributed by atoms with E-state index in [1.165, 1.54) is 0 Å². The Morgan fingerprint density at radius 3 is 2.85 bits per heavy atom. The van der Waals surface area contributed by atoms with E-state index in [0.717, 1.165) is 42.6 Å². The number of Topliss-reactive ketones (excluding diaryl/α,β-unsaturated/α-hetero) is 1. The first-order valence-corrected chi connectivity index (χ1v) is 7.55. The number of hydrogen-bond acceptors (Lipinski definition) is 3. The molecular weight excluding hydrogens is 250 g/mol. The molecule has 1 aromatic carbocycles. The van der Waals surface area contributed by atoms with E-state index >= 15 is 0 Å². The Balaban J connectivity index is 1.67. The molecule has 108 valence electrons. The lowest BCUT2D eigenvalue weighted by Crippen LogP contribution is -2.30. The second-order valence-electron chi connectivity index (χ2n) is 6.50. The second kappa shape index (κ2) is 5.30. The Morgan fingerprint density at radius 1 is 1.30 bits per heavy atom. The summed E-state index contributed by atoms with van der Waals surface area (Å²) in [6.45, 7) is 6.35. The van der Waals surface area contributed by atoms with Gasteiger partial charge in [0.15, 0.2) is 5.78 Å². The zero-order chi connectivity index (χ0) is 14.3. The highest BCUT2D eigenvalue weighted by molar-refractivity contribution is 5.99. The highest BCUT2D eigenvalue weighted by Gasteiger charge is 2.42. The first-order chi connectivity index (χ1) is 9.54. The zero-order valence-corrected chi connectivity index (χ0v) is 12.3. The zero-order valence-electron chi connectivity index (χ0n) is 12.3. The fraction of sp³-hybridized carbons (Fsp3) is 0.588. The highest BCUT2D eigenvalue weighted by Crippen LogP contribution is 2.38. The standard InChI is InChI=1S/C17H23NO2/c1-11-3-4-12(2)14(7-11)17(20)10-18-8-13-5-6-16(19)15(13)9-18/h3-4,7,13,15-16,19H,5-6,8-10H2,1-2H3. The molecule has 0 spiro atoms. The molecule has 3 heteroatoms. The summed E-state index contributed by atoms with van der Waals surface area (Å²) >= 11 is 0. The number of likely N-dealkylation sites (tertiary alicyclic amines) is 1. The third kappa shape index (κ3) is 2.52. The quantitative estimate of drug-likeness (QED) is 0.858. The molecule has 0 aromatic heterocycles. The summed E-state index contributed by atoms with van der Waals surface area (Å²) in [6, 6.07) is 6.05. The Labute approximate surface area is 120 Å². The van der Waals surface area contributed by atoms with Crippen LogP contribution in [-0.4, -0.2) is 41.5 Å². The van der Waals surface area contributed by atoms with Crippen LogP contribution in [0, 0.1) is 25.7 Å². The second-order valence-corrected chi connectivity index (χ2v) is 6.50. The molecule has 0 bridgehead atoms. The molecule has 1 aliphatic carbocycles. The van der Waals surface area contributed by atoms with Crippen molar-refractivity contribution in [2.24, 2.45) is 11.8 Å². The molecule has 3 rings (SSSR count). The lowest BCUT2D eigenvalue weighted by molar-refractivity contribution is 0.0919. The van der Waals surface area contributed by atoms with Gasteiger partial charge in [0.25, 0.3) is 0 Å². The topological polar surface area (TPSA) is 40.5 Å². The van der Waals surface area contributed by atoms with Gasteiger partial charge in [-0.15, -0.1) is 0 Å². The number of aliphatic hydroxyl groups is 1. The molecule has 1 saturated carbocycles. The molecule has 0 radical (unpaired) electrons. The summed E-state index contributed by atoms with van der Waals surface area (Å²) in [6.07, 6.45) is 1.90. The number of ketones is 1. The average molecular weight is 273 g/mol. The van der Waals surface area contributed by atoms with Crippen LogP contribution in [0.3, 0.4) is 0 Å². The smallest absolute Gasteiger partial charge is 0.177 e. The minimum absolute atomic E-state index is 0.152. The molecule has 1 heterocycles. The van der Waals surface area contributed by atoms with Gasteiger partial charge in [0, 0.05) is 24.6 Å². The van der Waals surface area contributed by atoms with Gasteiger partial charge >= 0.3 is 0 Å². The van der Waals surface area contributed by atoms with Crippen molar-refractivity contribution in [1.29, 1.82) is 0 Å². The molecule has 2 fully saturated rings. The maximum atomic E-state index is 12.5. The Hall–Kier alpha value is -1.19. The number of aliphatic hydroxyl groups excluding tert-OH is 1. The first kappa shape index (κ1) is 13.8. The Morgan fingerprint density at radius 2 is 2.10 bits per heavy atom. The van der Waals surface area contributed by atoms with Gasteiger partial charge in [-0.1, -0.05) is 17.7 Å². The third-order valence-electron chi connectivity index (χ3n) is 4.96. The van der Waals surface area contributed by atoms with E-state index in [4.69, 9.17) is 0 Å². The summed E-state index contributed by atoms with van der Waals surface area (Å²) in [5, 5.41) is 9.94. The van der Waals surface area contributed by atoms with Crippen LogP contribution in [0.15, 0.2) is 18.2 Å². The largest absolute Gasteiger partial charge is 0.393 e. The summed E-state index contributed by atoms with van der Waals surface area (Å²) in [5.41, 5.74) is 3.04. The van der Waals surface area contributed by atoms with E-state index in [-0.39, 0.29) is 11.9 Å². The van der Waals surface area contributed by atoms with Gasteiger partial charge in [0.05, 0.1) is 12.6 Å². The molecular formula is C17H23NO2. The van der Waals surface area contributed by atoms with Crippen molar-refractivity contribution in [1.82, 2.24) is 4.90 Å². The Kier molecular flexibility index (Phi) is 3.65. The average Bonchev–Trinajstić information content (AvgIpc) is 2.95. The van der Waals surface area contributed by atoms with Gasteiger partial charge in [0.2, 0.25) is 0 Å². The van der Waals surface area contributed by atoms with Gasteiger partial charge in [-0.25, -0.2) is 0 Å². The maximum absolute atomic E-state index is 12.5. The molecule has 20 heavy (non-hydrogen) atoms. The van der Waals surface area contributed by atoms with Crippen molar-refractivity contribution in [3.8, 4) is 0 Å². The Bertz CT molecular complexity index is 526. The molecule has 1 saturated heterocycles. The number of carbonyl (C=O) groups excluding carboxylic acids is 1. The number of rotatable bonds is 3. The number of aryl methyl sites for hydroxylation is 2. The first-order valence-electron chi connectivity index (χ1n) is 7.55. The van der Waals surface area contributed by atoms with E-state index in [9.17, 15) is 9.90 Å². The van der Waals surface area contributed by atoms with Crippen LogP contribution in [-0.2, 0) is 0 Å². The van der Waals surface area contributed by atoms with Gasteiger partial charge in [-0.3, -0.25) is 9.69 Å². The van der Waals surface area contributed by atoms with Crippen molar-refractivity contribution in [2.75, 3.05) is 19.6 Å². The molecule has 1 aromatic rings. The minimum Gasteiger partial charge on any atom is -0.393 e. The molecule has 1 aliphatic heterocycles. The van der Waals surface area contributed by atoms with Crippen LogP contribution in [0.2, 0.25) is 0 Å². The van der Waals surface area contributed by atoms with E-state index in [1.54, 1.807) is 0 Å². The number of hydrogen-bond donors (Lipinski definition) is 1. The van der Waals surface area contributed by atoms with Crippen LogP contribution < -0.4 is 0 Å². The van der Waals surface area contributed by atoms with Crippen molar-refractivity contribution in [3.05, 3.63) is 34.9 Å². The maximum Gasteiger partial charge on any atom is 0.177 e. The normalized spacial score (nSPS) is 29.6. The van der Waals surface area contributed by atoms with E-state index < -0.39 is 0 Å². The van der Waals surface area contributed by atoms with E-state index in [2.05, 4.69) is 4.90 Å². The predicted molar refractivity (Wildman–Crippen MR) is 78.9 cm³/mol. The molecule has 2 aliphatic rings. The fourth-order valence-corrected chi connectivity index (χ4v) is 3.78. The van der Waals surface area contributed by atoms with E-state index in [1.807, 2.05) is 32.0 Å². The van der Waals surface area contributed by atoms with E-state index in [0.29, 0.717) is 18.4 Å². The van der Waals surface area contributed by atoms with Gasteiger partial charge < -0.3 is 5.11 Å². The van der Waals surface area contributed by atoms with Gasteiger partial charge in [0.1, 0.15) is 0 Å². The van der Waals surface area contributed by atoms with Crippen LogP contribution >= 0.6 is 0 Å². The van der Waals surface area contributed by atoms with Gasteiger partial charge in [-0.2, -0.15) is 0 Å². The molecule has 3 unspecified atom stereocenters. The van der Waals surface area contributed by atoms with Crippen molar-refractivity contribution in [2.45, 2.75) is 32.8 Å². The van der Waals surface area contributed by atoms with Crippen molar-refractivity contribution in [3.63, 3.8) is 0 Å². The van der Waals surface area contributed by atoms with Crippen molar-refractivity contribution >= 4 is 5.78 Å². The number of benzene rings is 1. The molecule has 3 atom stereocenters. The summed E-state index contributed by atoms with van der Waals surface area (Å²) in [5.74, 6) is 1.19. The monoisotopic (exact) mass is 273 g/mol. The molecule has 0 amide bonds. The number of nitrogens with zero attached hydrogens (tertiary/aromatic N) is 1. The minimum atomic E-state index is -0.152. The van der Waals surface area contributed by atoms with Crippen LogP contribution in [0.4, 0.5) is 0 Å². The summed E-state index contributed by atoms with van der Waals surface area (Å²) in [7, 11) is 0.